The molecule has 0 bridgehead atoms. The van der Waals surface area contributed by atoms with Crippen molar-refractivity contribution < 1.29 is 13.9 Å². The Labute approximate surface area is 219 Å². The van der Waals surface area contributed by atoms with E-state index in [9.17, 15) is 4.79 Å². The summed E-state index contributed by atoms with van der Waals surface area (Å²) < 4.78 is 11.6. The lowest BCUT2D eigenvalue weighted by atomic mass is 10.0. The van der Waals surface area contributed by atoms with Gasteiger partial charge in [-0.05, 0) is 32.0 Å². The number of pyridine rings is 1. The fourth-order valence-corrected chi connectivity index (χ4v) is 4.66. The molecule has 0 aliphatic carbocycles. The average molecular weight is 510 g/mol. The Kier molecular flexibility index (Phi) is 6.30. The molecular formula is C28H27N7O3. The van der Waals surface area contributed by atoms with Gasteiger partial charge in [-0.2, -0.15) is 0 Å². The molecule has 1 amide bonds. The predicted molar refractivity (Wildman–Crippen MR) is 144 cm³/mol. The number of fused-ring (bicyclic) bond motifs is 1. The van der Waals surface area contributed by atoms with Gasteiger partial charge >= 0.3 is 6.01 Å². The summed E-state index contributed by atoms with van der Waals surface area (Å²) in [6, 6.07) is 21.4. The molecule has 4 aromatic rings. The largest absolute Gasteiger partial charge is 0.403 e. The number of benzodiazepines with no additional fused rings is 1. The number of ether oxygens (including phenoxy) is 1. The van der Waals surface area contributed by atoms with Crippen molar-refractivity contribution in [3.8, 4) is 11.5 Å². The maximum atomic E-state index is 13.2. The smallest absolute Gasteiger partial charge is 0.317 e. The summed E-state index contributed by atoms with van der Waals surface area (Å²) in [7, 11) is 0. The Morgan fingerprint density at radius 1 is 1.00 bits per heavy atom. The number of hydrogen-bond acceptors (Lipinski definition) is 9. The Bertz CT molecular complexity index is 1500. The molecule has 0 unspecified atom stereocenters. The molecule has 6 rings (SSSR count). The zero-order valence-corrected chi connectivity index (χ0v) is 21.1. The topological polar surface area (TPSA) is 118 Å². The van der Waals surface area contributed by atoms with Crippen molar-refractivity contribution in [1.82, 2.24) is 15.2 Å². The number of nitrogens with one attached hydrogen (secondary N) is 2. The van der Waals surface area contributed by atoms with Crippen molar-refractivity contribution in [3.05, 3.63) is 83.6 Å². The molecule has 10 heteroatoms. The second kappa shape index (κ2) is 10.1. The van der Waals surface area contributed by atoms with Crippen molar-refractivity contribution >= 4 is 29.1 Å². The molecule has 38 heavy (non-hydrogen) atoms. The van der Waals surface area contributed by atoms with Gasteiger partial charge in [-0.1, -0.05) is 53.6 Å². The first-order valence-electron chi connectivity index (χ1n) is 12.5. The van der Waals surface area contributed by atoms with E-state index >= 15 is 0 Å². The molecule has 0 spiro atoms. The minimum Gasteiger partial charge on any atom is -0.403 e. The van der Waals surface area contributed by atoms with Crippen molar-refractivity contribution in [2.24, 2.45) is 4.99 Å². The number of carbonyl (C=O) groups is 1. The van der Waals surface area contributed by atoms with Gasteiger partial charge in [-0.15, -0.1) is 5.10 Å². The van der Waals surface area contributed by atoms with Crippen LogP contribution in [-0.4, -0.2) is 58.8 Å². The van der Waals surface area contributed by atoms with Gasteiger partial charge in [0, 0.05) is 23.4 Å². The Morgan fingerprint density at radius 2 is 1.82 bits per heavy atom. The van der Waals surface area contributed by atoms with Crippen LogP contribution in [0.4, 0.5) is 17.5 Å². The first kappa shape index (κ1) is 23.8. The van der Waals surface area contributed by atoms with E-state index in [1.807, 2.05) is 73.7 Å². The molecule has 2 aromatic carbocycles. The third kappa shape index (κ3) is 4.61. The van der Waals surface area contributed by atoms with Gasteiger partial charge < -0.3 is 24.7 Å². The zero-order valence-electron chi connectivity index (χ0n) is 21.1. The lowest BCUT2D eigenvalue weighted by Gasteiger charge is -2.35. The summed E-state index contributed by atoms with van der Waals surface area (Å²) in [6.45, 7) is 6.00. The summed E-state index contributed by atoms with van der Waals surface area (Å²) in [6.07, 6.45) is -0.985. The summed E-state index contributed by atoms with van der Waals surface area (Å²) in [4.78, 5) is 24.9. The van der Waals surface area contributed by atoms with Crippen LogP contribution in [0.5, 0.6) is 0 Å². The molecule has 4 heterocycles. The lowest BCUT2D eigenvalue weighted by Crippen LogP contribution is -2.44. The number of anilines is 3. The third-order valence-corrected chi connectivity index (χ3v) is 6.56. The highest BCUT2D eigenvalue weighted by atomic mass is 16.5. The Hall–Kier alpha value is -4.57. The number of para-hydroxylation sites is 1. The molecule has 1 fully saturated rings. The second-order valence-electron chi connectivity index (χ2n) is 9.28. The van der Waals surface area contributed by atoms with Gasteiger partial charge in [-0.3, -0.25) is 4.79 Å². The zero-order chi connectivity index (χ0) is 26.1. The quantitative estimate of drug-likeness (QED) is 0.416. The van der Waals surface area contributed by atoms with Crippen molar-refractivity contribution in [1.29, 1.82) is 0 Å². The predicted octanol–water partition coefficient (Wildman–Crippen LogP) is 3.89. The average Bonchev–Trinajstić information content (AvgIpc) is 3.35. The van der Waals surface area contributed by atoms with Crippen molar-refractivity contribution in [2.75, 3.05) is 35.3 Å². The van der Waals surface area contributed by atoms with E-state index in [4.69, 9.17) is 19.1 Å². The van der Waals surface area contributed by atoms with Crippen LogP contribution in [0, 0.1) is 6.92 Å². The maximum absolute atomic E-state index is 13.2. The number of benzene rings is 2. The SMILES string of the molecule is Cc1ccc(-c2nnc(N[C@H]3N=C(c4ccccc4)c4ccccc4NC3=O)o2)c(N2CCOC[C@H]2C)n1. The van der Waals surface area contributed by atoms with Gasteiger partial charge in [0.15, 0.2) is 0 Å². The van der Waals surface area contributed by atoms with Crippen LogP contribution < -0.4 is 15.5 Å². The molecule has 192 valence electrons. The van der Waals surface area contributed by atoms with E-state index in [0.717, 1.165) is 28.2 Å². The van der Waals surface area contributed by atoms with E-state index in [-0.39, 0.29) is 18.0 Å². The fourth-order valence-electron chi connectivity index (χ4n) is 4.66. The maximum Gasteiger partial charge on any atom is 0.317 e. The first-order valence-corrected chi connectivity index (χ1v) is 12.5. The summed E-state index contributed by atoms with van der Waals surface area (Å²) >= 11 is 0. The van der Waals surface area contributed by atoms with Crippen LogP contribution in [-0.2, 0) is 9.53 Å². The molecule has 2 aliphatic heterocycles. The third-order valence-electron chi connectivity index (χ3n) is 6.56. The Morgan fingerprint density at radius 3 is 2.66 bits per heavy atom. The molecule has 2 aromatic heterocycles. The molecule has 0 radical (unpaired) electrons. The number of hydrogen-bond donors (Lipinski definition) is 2. The van der Waals surface area contributed by atoms with Crippen LogP contribution in [0.3, 0.4) is 0 Å². The van der Waals surface area contributed by atoms with E-state index in [2.05, 4.69) is 32.7 Å². The number of nitrogens with zero attached hydrogens (tertiary/aromatic N) is 5. The van der Waals surface area contributed by atoms with Crippen LogP contribution in [0.1, 0.15) is 23.7 Å². The van der Waals surface area contributed by atoms with E-state index in [1.165, 1.54) is 0 Å². The molecular weight excluding hydrogens is 482 g/mol. The number of morpholine rings is 1. The number of aliphatic imine (C=N–C) groups is 1. The van der Waals surface area contributed by atoms with Crippen LogP contribution in [0.2, 0.25) is 0 Å². The van der Waals surface area contributed by atoms with Crippen molar-refractivity contribution in [2.45, 2.75) is 26.1 Å². The number of rotatable bonds is 5. The molecule has 2 atom stereocenters. The Balaban J connectivity index is 1.33. The molecule has 2 aliphatic rings. The highest BCUT2D eigenvalue weighted by molar-refractivity contribution is 6.19. The number of amides is 1. The van der Waals surface area contributed by atoms with Crippen molar-refractivity contribution in [3.63, 3.8) is 0 Å². The fraction of sp³-hybridized carbons (Fsp3) is 0.250. The van der Waals surface area contributed by atoms with E-state index < -0.39 is 6.17 Å². The van der Waals surface area contributed by atoms with E-state index in [0.29, 0.717) is 37.0 Å². The highest BCUT2D eigenvalue weighted by Crippen LogP contribution is 2.32. The standard InChI is InChI=1S/C28H27N7O3/c1-17-12-13-21(25(29-17)35-14-15-37-16-18(35)2)27-33-34-28(38-27)32-24-26(36)30-22-11-7-6-10-20(22)23(31-24)19-8-4-3-5-9-19/h3-13,18,24H,14-16H2,1-2H3,(H,30,36)(H,32,34)/t18-,24-/m1/s1. The van der Waals surface area contributed by atoms with Gasteiger partial charge in [0.05, 0.1) is 36.2 Å². The molecule has 10 nitrogen and oxygen atoms in total. The first-order chi connectivity index (χ1) is 18.6. The summed E-state index contributed by atoms with van der Waals surface area (Å²) in [5, 5.41) is 14.4. The monoisotopic (exact) mass is 509 g/mol. The number of carbonyl (C=O) groups excluding carboxylic acids is 1. The van der Waals surface area contributed by atoms with E-state index in [1.54, 1.807) is 0 Å². The summed E-state index contributed by atoms with van der Waals surface area (Å²) in [5.74, 6) is 0.740. The number of aromatic nitrogens is 3. The molecule has 2 N–H and O–H groups in total. The minimum absolute atomic E-state index is 0.0869. The van der Waals surface area contributed by atoms with Crippen LogP contribution in [0.15, 0.2) is 76.1 Å². The van der Waals surface area contributed by atoms with Gasteiger partial charge in [0.1, 0.15) is 5.82 Å². The highest BCUT2D eigenvalue weighted by Gasteiger charge is 2.29. The summed E-state index contributed by atoms with van der Waals surface area (Å²) in [5.41, 5.74) is 4.70. The lowest BCUT2D eigenvalue weighted by molar-refractivity contribution is -0.116. The number of aryl methyl sites for hydroxylation is 1. The van der Waals surface area contributed by atoms with Gasteiger partial charge in [-0.25, -0.2) is 9.98 Å². The normalized spacial score (nSPS) is 19.3. The minimum atomic E-state index is -0.985. The second-order valence-corrected chi connectivity index (χ2v) is 9.28. The van der Waals surface area contributed by atoms with Gasteiger partial charge in [0.25, 0.3) is 11.8 Å². The van der Waals surface area contributed by atoms with Crippen LogP contribution in [0.25, 0.3) is 11.5 Å². The molecule has 0 saturated carbocycles. The van der Waals surface area contributed by atoms with Crippen LogP contribution >= 0.6 is 0 Å². The molecule has 1 saturated heterocycles. The van der Waals surface area contributed by atoms with Gasteiger partial charge in [0.2, 0.25) is 6.17 Å².